The minimum absolute atomic E-state index is 0.279. The number of hydrogen-bond donors (Lipinski definition) is 0. The molecule has 1 aromatic carbocycles. The summed E-state index contributed by atoms with van der Waals surface area (Å²) in [6, 6.07) is 8.12. The number of carbonyl (C=O) groups excluding carboxylic acids is 1. The molecule has 0 fully saturated rings. The number of hydrogen-bond acceptors (Lipinski definition) is 2. The zero-order valence-corrected chi connectivity index (χ0v) is 13.7. The van der Waals surface area contributed by atoms with Crippen molar-refractivity contribution in [2.75, 3.05) is 13.1 Å². The third kappa shape index (κ3) is 3.12. The van der Waals surface area contributed by atoms with Crippen LogP contribution in [0.1, 0.15) is 63.4 Å². The Bertz CT molecular complexity index is 431. The molecule has 2 nitrogen and oxygen atoms in total. The second-order valence-electron chi connectivity index (χ2n) is 5.29. The van der Waals surface area contributed by atoms with E-state index in [1.807, 2.05) is 12.1 Å². The molecule has 0 saturated heterocycles. The highest BCUT2D eigenvalue weighted by atomic mass is 16.1. The standard InChI is InChI=1S/C18H29NO/c1-6-15-12-11-13-16(14-15)17(20)18(7-2,8-3)19(9-4)10-5/h11-14H,6-10H2,1-5H3. The second-order valence-corrected chi connectivity index (χ2v) is 5.29. The maximum atomic E-state index is 13.1. The molecule has 20 heavy (non-hydrogen) atoms. The lowest BCUT2D eigenvalue weighted by atomic mass is 9.82. The Kier molecular flexibility index (Phi) is 6.41. The largest absolute Gasteiger partial charge is 0.292 e. The molecular weight excluding hydrogens is 246 g/mol. The van der Waals surface area contributed by atoms with E-state index in [9.17, 15) is 4.79 Å². The number of carbonyl (C=O) groups is 1. The van der Waals surface area contributed by atoms with Gasteiger partial charge in [-0.1, -0.05) is 52.8 Å². The maximum Gasteiger partial charge on any atom is 0.183 e. The summed E-state index contributed by atoms with van der Waals surface area (Å²) in [6.45, 7) is 12.5. The smallest absolute Gasteiger partial charge is 0.183 e. The van der Waals surface area contributed by atoms with Gasteiger partial charge in [0.05, 0.1) is 5.54 Å². The number of benzene rings is 1. The van der Waals surface area contributed by atoms with Crippen molar-refractivity contribution < 1.29 is 4.79 Å². The van der Waals surface area contributed by atoms with Gasteiger partial charge in [0, 0.05) is 5.56 Å². The van der Waals surface area contributed by atoms with Crippen molar-refractivity contribution in [2.45, 2.75) is 59.4 Å². The molecular formula is C18H29NO. The zero-order valence-electron chi connectivity index (χ0n) is 13.7. The van der Waals surface area contributed by atoms with Crippen LogP contribution in [0.3, 0.4) is 0 Å². The summed E-state index contributed by atoms with van der Waals surface area (Å²) in [5.41, 5.74) is 1.74. The third-order valence-electron chi connectivity index (χ3n) is 4.56. The Balaban J connectivity index is 3.22. The van der Waals surface area contributed by atoms with Gasteiger partial charge in [0.15, 0.2) is 5.78 Å². The molecule has 0 aromatic heterocycles. The number of ketones is 1. The first-order valence-corrected chi connectivity index (χ1v) is 7.98. The van der Waals surface area contributed by atoms with Gasteiger partial charge >= 0.3 is 0 Å². The van der Waals surface area contributed by atoms with Crippen molar-refractivity contribution in [2.24, 2.45) is 0 Å². The first kappa shape index (κ1) is 16.9. The van der Waals surface area contributed by atoms with Gasteiger partial charge in [0.2, 0.25) is 0 Å². The van der Waals surface area contributed by atoms with Crippen molar-refractivity contribution in [1.82, 2.24) is 4.90 Å². The van der Waals surface area contributed by atoms with Crippen LogP contribution in [-0.2, 0) is 6.42 Å². The monoisotopic (exact) mass is 275 g/mol. The Labute approximate surface area is 124 Å². The van der Waals surface area contributed by atoms with E-state index in [0.29, 0.717) is 0 Å². The fourth-order valence-electron chi connectivity index (χ4n) is 3.19. The van der Waals surface area contributed by atoms with Gasteiger partial charge in [0.1, 0.15) is 0 Å². The summed E-state index contributed by atoms with van der Waals surface area (Å²) in [4.78, 5) is 15.4. The molecule has 0 aliphatic heterocycles. The highest BCUT2D eigenvalue weighted by molar-refractivity contribution is 6.03. The Hall–Kier alpha value is -1.15. The molecule has 0 aliphatic carbocycles. The summed E-state index contributed by atoms with van der Waals surface area (Å²) < 4.78 is 0. The molecule has 0 N–H and O–H groups in total. The van der Waals surface area contributed by atoms with E-state index in [4.69, 9.17) is 0 Å². The Morgan fingerprint density at radius 1 is 1.05 bits per heavy atom. The summed E-state index contributed by atoms with van der Waals surface area (Å²) >= 11 is 0. The first-order chi connectivity index (χ1) is 9.59. The molecule has 0 spiro atoms. The van der Waals surface area contributed by atoms with Crippen LogP contribution < -0.4 is 0 Å². The molecule has 112 valence electrons. The lowest BCUT2D eigenvalue weighted by Gasteiger charge is -2.41. The summed E-state index contributed by atoms with van der Waals surface area (Å²) in [5.74, 6) is 0.279. The molecule has 0 unspecified atom stereocenters. The highest BCUT2D eigenvalue weighted by Crippen LogP contribution is 2.28. The fourth-order valence-corrected chi connectivity index (χ4v) is 3.19. The average molecular weight is 275 g/mol. The molecule has 0 bridgehead atoms. The quantitative estimate of drug-likeness (QED) is 0.658. The van der Waals surface area contributed by atoms with Crippen LogP contribution in [0.25, 0.3) is 0 Å². The lowest BCUT2D eigenvalue weighted by molar-refractivity contribution is 0.0535. The molecule has 2 heteroatoms. The molecule has 0 radical (unpaired) electrons. The van der Waals surface area contributed by atoms with Crippen molar-refractivity contribution in [1.29, 1.82) is 0 Å². The Morgan fingerprint density at radius 3 is 2.10 bits per heavy atom. The predicted molar refractivity (Wildman–Crippen MR) is 86.4 cm³/mol. The third-order valence-corrected chi connectivity index (χ3v) is 4.56. The summed E-state index contributed by atoms with van der Waals surface area (Å²) in [7, 11) is 0. The van der Waals surface area contributed by atoms with Gasteiger partial charge in [-0.3, -0.25) is 9.69 Å². The van der Waals surface area contributed by atoms with Crippen LogP contribution in [0.2, 0.25) is 0 Å². The van der Waals surface area contributed by atoms with E-state index < -0.39 is 0 Å². The van der Waals surface area contributed by atoms with Gasteiger partial charge in [-0.05, 0) is 44.0 Å². The minimum Gasteiger partial charge on any atom is -0.292 e. The van der Waals surface area contributed by atoms with E-state index in [1.165, 1.54) is 5.56 Å². The molecule has 1 aromatic rings. The van der Waals surface area contributed by atoms with Crippen molar-refractivity contribution in [3.8, 4) is 0 Å². The van der Waals surface area contributed by atoms with Gasteiger partial charge in [-0.2, -0.15) is 0 Å². The predicted octanol–water partition coefficient (Wildman–Crippen LogP) is 4.33. The minimum atomic E-state index is -0.351. The van der Waals surface area contributed by atoms with E-state index >= 15 is 0 Å². The Morgan fingerprint density at radius 2 is 1.65 bits per heavy atom. The molecule has 0 amide bonds. The topological polar surface area (TPSA) is 20.3 Å². The number of aryl methyl sites for hydroxylation is 1. The van der Waals surface area contributed by atoms with Crippen LogP contribution in [-0.4, -0.2) is 29.3 Å². The summed E-state index contributed by atoms with van der Waals surface area (Å²) in [5, 5.41) is 0. The van der Waals surface area contributed by atoms with Crippen molar-refractivity contribution >= 4 is 5.78 Å². The van der Waals surface area contributed by atoms with Gasteiger partial charge in [0.25, 0.3) is 0 Å². The molecule has 0 heterocycles. The normalized spacial score (nSPS) is 11.9. The van der Waals surface area contributed by atoms with E-state index in [0.717, 1.165) is 37.9 Å². The van der Waals surface area contributed by atoms with Crippen LogP contribution in [0.4, 0.5) is 0 Å². The van der Waals surface area contributed by atoms with E-state index in [-0.39, 0.29) is 11.3 Å². The fraction of sp³-hybridized carbons (Fsp3) is 0.611. The number of Topliss-reactive ketones (excluding diaryl/α,β-unsaturated/α-hetero) is 1. The van der Waals surface area contributed by atoms with Gasteiger partial charge in [-0.25, -0.2) is 0 Å². The lowest BCUT2D eigenvalue weighted by Crippen LogP contribution is -2.53. The first-order valence-electron chi connectivity index (χ1n) is 7.98. The van der Waals surface area contributed by atoms with Crippen molar-refractivity contribution in [3.05, 3.63) is 35.4 Å². The molecule has 1 rings (SSSR count). The number of nitrogens with zero attached hydrogens (tertiary/aromatic N) is 1. The highest BCUT2D eigenvalue weighted by Gasteiger charge is 2.39. The van der Waals surface area contributed by atoms with Crippen LogP contribution in [0, 0.1) is 0 Å². The molecule has 0 atom stereocenters. The average Bonchev–Trinajstić information content (AvgIpc) is 2.52. The van der Waals surface area contributed by atoms with Crippen LogP contribution in [0.15, 0.2) is 24.3 Å². The van der Waals surface area contributed by atoms with Gasteiger partial charge < -0.3 is 0 Å². The van der Waals surface area contributed by atoms with Crippen LogP contribution in [0.5, 0.6) is 0 Å². The molecule has 0 aliphatic rings. The number of likely N-dealkylation sites (N-methyl/N-ethyl adjacent to an activating group) is 1. The SMILES string of the molecule is CCc1cccc(C(=O)C(CC)(CC)N(CC)CC)c1. The van der Waals surface area contributed by atoms with E-state index in [2.05, 4.69) is 51.7 Å². The van der Waals surface area contributed by atoms with Crippen LogP contribution >= 0.6 is 0 Å². The maximum absolute atomic E-state index is 13.1. The number of rotatable bonds is 8. The van der Waals surface area contributed by atoms with E-state index in [1.54, 1.807) is 0 Å². The van der Waals surface area contributed by atoms with Gasteiger partial charge in [-0.15, -0.1) is 0 Å². The zero-order chi connectivity index (χ0) is 15.2. The van der Waals surface area contributed by atoms with Crippen molar-refractivity contribution in [3.63, 3.8) is 0 Å². The summed E-state index contributed by atoms with van der Waals surface area (Å²) in [6.07, 6.45) is 2.69. The second kappa shape index (κ2) is 7.58. The molecule has 0 saturated carbocycles.